The van der Waals surface area contributed by atoms with Crippen molar-refractivity contribution in [3.8, 4) is 0 Å². The Morgan fingerprint density at radius 2 is 2.31 bits per heavy atom. The van der Waals surface area contributed by atoms with Crippen LogP contribution in [0.25, 0.3) is 0 Å². The van der Waals surface area contributed by atoms with E-state index in [1.165, 1.54) is 0 Å². The van der Waals surface area contributed by atoms with Gasteiger partial charge < -0.3 is 5.73 Å². The van der Waals surface area contributed by atoms with Gasteiger partial charge in [-0.2, -0.15) is 0 Å². The van der Waals surface area contributed by atoms with E-state index in [2.05, 4.69) is 17.9 Å². The van der Waals surface area contributed by atoms with E-state index >= 15 is 0 Å². The Morgan fingerprint density at radius 3 is 3.00 bits per heavy atom. The van der Waals surface area contributed by atoms with Gasteiger partial charge in [-0.05, 0) is 17.7 Å². The van der Waals surface area contributed by atoms with Crippen LogP contribution in [0, 0.1) is 0 Å². The molecule has 3 heteroatoms. The molecule has 0 saturated carbocycles. The molecule has 1 heterocycles. The number of carbonyl (C=O) groups excluding carboxylic acids is 1. The Labute approximate surface area is 96.2 Å². The van der Waals surface area contributed by atoms with Gasteiger partial charge in [0, 0.05) is 19.5 Å². The van der Waals surface area contributed by atoms with Crippen molar-refractivity contribution in [1.82, 2.24) is 4.90 Å². The van der Waals surface area contributed by atoms with E-state index in [1.54, 1.807) is 0 Å². The summed E-state index contributed by atoms with van der Waals surface area (Å²) < 4.78 is 0. The third-order valence-electron chi connectivity index (χ3n) is 3.22. The molecule has 0 aliphatic carbocycles. The first-order valence-corrected chi connectivity index (χ1v) is 5.82. The maximum atomic E-state index is 11.9. The van der Waals surface area contributed by atoms with Gasteiger partial charge in [0.15, 0.2) is 5.78 Å². The van der Waals surface area contributed by atoms with Crippen LogP contribution >= 0.6 is 0 Å². The van der Waals surface area contributed by atoms with Crippen molar-refractivity contribution in [1.29, 1.82) is 0 Å². The molecule has 1 aromatic carbocycles. The molecule has 1 aliphatic heterocycles. The number of rotatable bonds is 3. The molecule has 0 bridgehead atoms. The van der Waals surface area contributed by atoms with Crippen LogP contribution in [0.1, 0.15) is 30.5 Å². The number of likely N-dealkylation sites (N-methyl/N-ethyl adjacent to an activating group) is 1. The molecular formula is C13H18N2O. The molecule has 2 N–H and O–H groups in total. The fraction of sp³-hybridized carbons (Fsp3) is 0.462. The highest BCUT2D eigenvalue weighted by molar-refractivity contribution is 5.87. The van der Waals surface area contributed by atoms with Crippen LogP contribution in [-0.4, -0.2) is 23.8 Å². The highest BCUT2D eigenvalue weighted by Gasteiger charge is 2.32. The van der Waals surface area contributed by atoms with Crippen molar-refractivity contribution in [3.63, 3.8) is 0 Å². The van der Waals surface area contributed by atoms with Crippen LogP contribution in [-0.2, 0) is 11.3 Å². The molecule has 1 aromatic rings. The van der Waals surface area contributed by atoms with Gasteiger partial charge in [0.25, 0.3) is 0 Å². The summed E-state index contributed by atoms with van der Waals surface area (Å²) in [5.74, 6) is 0.330. The summed E-state index contributed by atoms with van der Waals surface area (Å²) in [6.45, 7) is 4.43. The number of ketones is 1. The average molecular weight is 218 g/mol. The predicted octanol–water partition coefficient (Wildman–Crippen LogP) is 1.48. The molecular weight excluding hydrogens is 200 g/mol. The minimum atomic E-state index is -0.0449. The van der Waals surface area contributed by atoms with E-state index in [-0.39, 0.29) is 6.04 Å². The maximum Gasteiger partial charge on any atom is 0.155 e. The molecule has 0 aromatic heterocycles. The molecule has 16 heavy (non-hydrogen) atoms. The van der Waals surface area contributed by atoms with Crippen molar-refractivity contribution in [2.24, 2.45) is 5.73 Å². The third-order valence-corrected chi connectivity index (χ3v) is 3.22. The predicted molar refractivity (Wildman–Crippen MR) is 63.9 cm³/mol. The lowest BCUT2D eigenvalue weighted by Crippen LogP contribution is -2.25. The number of likely N-dealkylation sites (tertiary alicyclic amines) is 1. The number of hydrogen-bond acceptors (Lipinski definition) is 3. The zero-order chi connectivity index (χ0) is 11.5. The molecule has 1 aliphatic rings. The lowest BCUT2D eigenvalue weighted by atomic mass is 10.0. The van der Waals surface area contributed by atoms with Crippen molar-refractivity contribution < 1.29 is 4.79 Å². The first kappa shape index (κ1) is 11.3. The third kappa shape index (κ3) is 2.01. The monoisotopic (exact) mass is 218 g/mol. The van der Waals surface area contributed by atoms with Gasteiger partial charge in [0.05, 0.1) is 6.04 Å². The number of nitrogens with zero attached hydrogens (tertiary/aromatic N) is 1. The van der Waals surface area contributed by atoms with E-state index in [9.17, 15) is 4.79 Å². The lowest BCUT2D eigenvalue weighted by Gasteiger charge is -2.22. The molecule has 0 radical (unpaired) electrons. The standard InChI is InChI=1S/C13H18N2O/c1-2-15-7-6-12(16)13(15)11-5-3-4-10(8-11)9-14/h3-5,8,13H,2,6-7,9,14H2,1H3. The molecule has 0 amide bonds. The highest BCUT2D eigenvalue weighted by atomic mass is 16.1. The molecule has 1 unspecified atom stereocenters. The Morgan fingerprint density at radius 1 is 1.50 bits per heavy atom. The smallest absolute Gasteiger partial charge is 0.155 e. The van der Waals surface area contributed by atoms with E-state index < -0.39 is 0 Å². The zero-order valence-electron chi connectivity index (χ0n) is 9.65. The summed E-state index contributed by atoms with van der Waals surface area (Å²) in [4.78, 5) is 14.1. The van der Waals surface area contributed by atoms with Gasteiger partial charge in [-0.25, -0.2) is 0 Å². The first-order chi connectivity index (χ1) is 7.76. The van der Waals surface area contributed by atoms with E-state index in [4.69, 9.17) is 5.73 Å². The van der Waals surface area contributed by atoms with E-state index in [0.29, 0.717) is 18.7 Å². The quantitative estimate of drug-likeness (QED) is 0.836. The molecule has 86 valence electrons. The Kier molecular flexibility index (Phi) is 3.36. The lowest BCUT2D eigenvalue weighted by molar-refractivity contribution is -0.120. The van der Waals surface area contributed by atoms with Crippen molar-refractivity contribution in [2.75, 3.05) is 13.1 Å². The molecule has 3 nitrogen and oxygen atoms in total. The van der Waals surface area contributed by atoms with Crippen LogP contribution in [0.15, 0.2) is 24.3 Å². The molecule has 1 saturated heterocycles. The summed E-state index contributed by atoms with van der Waals surface area (Å²) in [5, 5.41) is 0. The number of Topliss-reactive ketones (excluding diaryl/α,β-unsaturated/α-hetero) is 1. The van der Waals surface area contributed by atoms with Crippen molar-refractivity contribution in [2.45, 2.75) is 25.9 Å². The number of nitrogens with two attached hydrogens (primary N) is 1. The number of hydrogen-bond donors (Lipinski definition) is 1. The SMILES string of the molecule is CCN1CCC(=O)C1c1cccc(CN)c1. The fourth-order valence-electron chi connectivity index (χ4n) is 2.35. The topological polar surface area (TPSA) is 46.3 Å². The largest absolute Gasteiger partial charge is 0.326 e. The fourth-order valence-corrected chi connectivity index (χ4v) is 2.35. The summed E-state index contributed by atoms with van der Waals surface area (Å²) in [6.07, 6.45) is 0.672. The van der Waals surface area contributed by atoms with Gasteiger partial charge in [-0.3, -0.25) is 9.69 Å². The van der Waals surface area contributed by atoms with Gasteiger partial charge in [0.1, 0.15) is 0 Å². The Hall–Kier alpha value is -1.19. The minimum Gasteiger partial charge on any atom is -0.326 e. The second-order valence-corrected chi connectivity index (χ2v) is 4.20. The van der Waals surface area contributed by atoms with Gasteiger partial charge >= 0.3 is 0 Å². The van der Waals surface area contributed by atoms with Crippen molar-refractivity contribution in [3.05, 3.63) is 35.4 Å². The minimum absolute atomic E-state index is 0.0449. The van der Waals surface area contributed by atoms with Crippen molar-refractivity contribution >= 4 is 5.78 Å². The number of carbonyl (C=O) groups is 1. The van der Waals surface area contributed by atoms with Crippen LogP contribution < -0.4 is 5.73 Å². The zero-order valence-corrected chi connectivity index (χ0v) is 9.65. The van der Waals surface area contributed by atoms with Gasteiger partial charge in [-0.15, -0.1) is 0 Å². The summed E-state index contributed by atoms with van der Waals surface area (Å²) in [7, 11) is 0. The van der Waals surface area contributed by atoms with Crippen LogP contribution in [0.2, 0.25) is 0 Å². The normalized spacial score (nSPS) is 21.6. The Balaban J connectivity index is 2.30. The van der Waals surface area contributed by atoms with Gasteiger partial charge in [-0.1, -0.05) is 31.2 Å². The molecule has 2 rings (SSSR count). The molecule has 0 spiro atoms. The van der Waals surface area contributed by atoms with Crippen LogP contribution in [0.4, 0.5) is 0 Å². The maximum absolute atomic E-state index is 11.9. The molecule has 1 atom stereocenters. The van der Waals surface area contributed by atoms with Crippen LogP contribution in [0.3, 0.4) is 0 Å². The average Bonchev–Trinajstić information content (AvgIpc) is 2.70. The summed E-state index contributed by atoms with van der Waals surface area (Å²) >= 11 is 0. The number of benzene rings is 1. The van der Waals surface area contributed by atoms with Crippen LogP contribution in [0.5, 0.6) is 0 Å². The second-order valence-electron chi connectivity index (χ2n) is 4.20. The van der Waals surface area contributed by atoms with E-state index in [0.717, 1.165) is 24.2 Å². The summed E-state index contributed by atoms with van der Waals surface area (Å²) in [5.41, 5.74) is 7.80. The summed E-state index contributed by atoms with van der Waals surface area (Å²) in [6, 6.07) is 8.01. The first-order valence-electron chi connectivity index (χ1n) is 5.82. The Bertz CT molecular complexity index is 389. The second kappa shape index (κ2) is 4.76. The van der Waals surface area contributed by atoms with Gasteiger partial charge in [0.2, 0.25) is 0 Å². The highest BCUT2D eigenvalue weighted by Crippen LogP contribution is 2.28. The van der Waals surface area contributed by atoms with E-state index in [1.807, 2.05) is 18.2 Å². The molecule has 1 fully saturated rings.